The second-order valence-electron chi connectivity index (χ2n) is 7.86. The Morgan fingerprint density at radius 1 is 0.840 bits per heavy atom. The normalized spacial score (nSPS) is 21.9. The summed E-state index contributed by atoms with van der Waals surface area (Å²) in [4.78, 5) is 0. The molecule has 2 aliphatic rings. The third kappa shape index (κ3) is 5.65. The molecule has 0 aliphatic heterocycles. The number of ether oxygens (including phenoxy) is 1. The van der Waals surface area contributed by atoms with Gasteiger partial charge in [0, 0.05) is 0 Å². The third-order valence-electron chi connectivity index (χ3n) is 6.07. The quantitative estimate of drug-likeness (QED) is 0.542. The Morgan fingerprint density at radius 2 is 1.40 bits per heavy atom. The topological polar surface area (TPSA) is 9.23 Å². The van der Waals surface area contributed by atoms with Crippen molar-refractivity contribution in [3.63, 3.8) is 0 Å². The molecule has 4 heteroatoms. The number of rotatable bonds is 5. The van der Waals surface area contributed by atoms with Crippen LogP contribution in [0.4, 0.5) is 13.2 Å². The van der Waals surface area contributed by atoms with Crippen molar-refractivity contribution in [2.75, 3.05) is 0 Å². The highest BCUT2D eigenvalue weighted by Gasteiger charge is 2.32. The first-order valence-electron chi connectivity index (χ1n) is 9.87. The first-order valence-corrected chi connectivity index (χ1v) is 9.87. The molecular weight excluding hydrogens is 325 g/mol. The van der Waals surface area contributed by atoms with Gasteiger partial charge in [-0.05, 0) is 54.7 Å². The average molecular weight is 354 g/mol. The fraction of sp³-hybridized carbons (Fsp3) is 0.714. The molecule has 0 spiro atoms. The maximum absolute atomic E-state index is 12.4. The molecule has 2 aliphatic carbocycles. The fourth-order valence-electron chi connectivity index (χ4n) is 4.84. The predicted molar refractivity (Wildman–Crippen MR) is 93.6 cm³/mol. The predicted octanol–water partition coefficient (Wildman–Crippen LogP) is 7.22. The Morgan fingerprint density at radius 3 is 1.96 bits per heavy atom. The first-order chi connectivity index (χ1) is 12.0. The molecule has 1 atom stereocenters. The van der Waals surface area contributed by atoms with E-state index in [2.05, 4.69) is 4.74 Å². The zero-order valence-corrected chi connectivity index (χ0v) is 14.9. The lowest BCUT2D eigenvalue weighted by Gasteiger charge is -2.34. The Kier molecular flexibility index (Phi) is 6.29. The molecule has 0 heterocycles. The van der Waals surface area contributed by atoms with Gasteiger partial charge >= 0.3 is 6.36 Å². The molecule has 140 valence electrons. The van der Waals surface area contributed by atoms with E-state index in [1.54, 1.807) is 0 Å². The summed E-state index contributed by atoms with van der Waals surface area (Å²) < 4.78 is 41.2. The van der Waals surface area contributed by atoms with Crippen molar-refractivity contribution in [2.24, 2.45) is 11.8 Å². The number of hydrogen-bond donors (Lipinski definition) is 0. The molecule has 1 nitrogen and oxygen atoms in total. The SMILES string of the molecule is FC(F)(F)Oc1ccc(C(CC2CCCCC2)C2CCCCC2)cc1. The largest absolute Gasteiger partial charge is 0.573 e. The van der Waals surface area contributed by atoms with Crippen LogP contribution in [0.3, 0.4) is 0 Å². The van der Waals surface area contributed by atoms with Crippen molar-refractivity contribution >= 4 is 0 Å². The van der Waals surface area contributed by atoms with Crippen LogP contribution in [-0.2, 0) is 0 Å². The summed E-state index contributed by atoms with van der Waals surface area (Å²) in [5.74, 6) is 1.84. The van der Waals surface area contributed by atoms with Gasteiger partial charge in [0.05, 0.1) is 0 Å². The van der Waals surface area contributed by atoms with E-state index in [1.807, 2.05) is 12.1 Å². The van der Waals surface area contributed by atoms with Gasteiger partial charge in [-0.25, -0.2) is 0 Å². The number of halogens is 3. The van der Waals surface area contributed by atoms with Gasteiger partial charge < -0.3 is 4.74 Å². The van der Waals surface area contributed by atoms with Crippen molar-refractivity contribution in [3.8, 4) is 5.75 Å². The van der Waals surface area contributed by atoms with Gasteiger partial charge in [-0.3, -0.25) is 0 Å². The summed E-state index contributed by atoms with van der Waals surface area (Å²) in [6.07, 6.45) is 9.67. The summed E-state index contributed by atoms with van der Waals surface area (Å²) in [6, 6.07) is 6.70. The molecule has 25 heavy (non-hydrogen) atoms. The highest BCUT2D eigenvalue weighted by atomic mass is 19.4. The molecule has 2 saturated carbocycles. The van der Waals surface area contributed by atoms with E-state index in [9.17, 15) is 13.2 Å². The van der Waals surface area contributed by atoms with E-state index >= 15 is 0 Å². The molecule has 1 aromatic rings. The third-order valence-corrected chi connectivity index (χ3v) is 6.07. The van der Waals surface area contributed by atoms with Gasteiger partial charge in [0.15, 0.2) is 0 Å². The van der Waals surface area contributed by atoms with Gasteiger partial charge in [0.25, 0.3) is 0 Å². The van der Waals surface area contributed by atoms with E-state index in [0.717, 1.165) is 5.92 Å². The molecule has 0 amide bonds. The summed E-state index contributed by atoms with van der Waals surface area (Å²) in [5.41, 5.74) is 1.20. The molecule has 0 saturated heterocycles. The van der Waals surface area contributed by atoms with Crippen LogP contribution in [0.5, 0.6) is 5.75 Å². The summed E-state index contributed by atoms with van der Waals surface area (Å²) >= 11 is 0. The van der Waals surface area contributed by atoms with Gasteiger partial charge in [-0.1, -0.05) is 63.5 Å². The minimum Gasteiger partial charge on any atom is -0.406 e. The van der Waals surface area contributed by atoms with Crippen LogP contribution in [0, 0.1) is 11.8 Å². The van der Waals surface area contributed by atoms with Crippen LogP contribution in [0.25, 0.3) is 0 Å². The highest BCUT2D eigenvalue weighted by Crippen LogP contribution is 2.43. The Bertz CT molecular complexity index is 511. The fourth-order valence-corrected chi connectivity index (χ4v) is 4.84. The summed E-state index contributed by atoms with van der Waals surface area (Å²) in [6.45, 7) is 0. The average Bonchev–Trinajstić information content (AvgIpc) is 2.61. The van der Waals surface area contributed by atoms with Crippen LogP contribution in [0.15, 0.2) is 24.3 Å². The van der Waals surface area contributed by atoms with Gasteiger partial charge in [-0.2, -0.15) is 0 Å². The van der Waals surface area contributed by atoms with Gasteiger partial charge in [-0.15, -0.1) is 13.2 Å². The molecular formula is C21H29F3O. The lowest BCUT2D eigenvalue weighted by molar-refractivity contribution is -0.274. The molecule has 3 rings (SSSR count). The Labute approximate surface area is 149 Å². The maximum Gasteiger partial charge on any atom is 0.573 e. The molecule has 1 unspecified atom stereocenters. The van der Waals surface area contributed by atoms with Crippen molar-refractivity contribution in [3.05, 3.63) is 29.8 Å². The number of hydrogen-bond acceptors (Lipinski definition) is 1. The second kappa shape index (κ2) is 8.46. The van der Waals surface area contributed by atoms with Crippen molar-refractivity contribution in [2.45, 2.75) is 82.9 Å². The van der Waals surface area contributed by atoms with E-state index in [0.29, 0.717) is 11.8 Å². The Hall–Kier alpha value is -1.19. The first kappa shape index (κ1) is 18.6. The zero-order valence-electron chi connectivity index (χ0n) is 14.9. The molecule has 0 bridgehead atoms. The number of benzene rings is 1. The molecule has 2 fully saturated rings. The van der Waals surface area contributed by atoms with E-state index < -0.39 is 6.36 Å². The standard InChI is InChI=1S/C21H29F3O/c22-21(23,24)25-19-13-11-18(12-14-19)20(17-9-5-2-6-10-17)15-16-7-3-1-4-8-16/h11-14,16-17,20H,1-10,15H2. The minimum absolute atomic E-state index is 0.115. The van der Waals surface area contributed by atoms with Gasteiger partial charge in [0.2, 0.25) is 0 Å². The van der Waals surface area contributed by atoms with Crippen molar-refractivity contribution in [1.29, 1.82) is 0 Å². The molecule has 0 N–H and O–H groups in total. The monoisotopic (exact) mass is 354 g/mol. The highest BCUT2D eigenvalue weighted by molar-refractivity contribution is 5.30. The van der Waals surface area contributed by atoms with Crippen molar-refractivity contribution in [1.82, 2.24) is 0 Å². The molecule has 0 radical (unpaired) electrons. The smallest absolute Gasteiger partial charge is 0.406 e. The van der Waals surface area contributed by atoms with E-state index in [1.165, 1.54) is 88.3 Å². The number of alkyl halides is 3. The van der Waals surface area contributed by atoms with Crippen LogP contribution < -0.4 is 4.74 Å². The van der Waals surface area contributed by atoms with E-state index in [4.69, 9.17) is 0 Å². The second-order valence-corrected chi connectivity index (χ2v) is 7.86. The van der Waals surface area contributed by atoms with Crippen molar-refractivity contribution < 1.29 is 17.9 Å². The lowest BCUT2D eigenvalue weighted by atomic mass is 9.71. The van der Waals surface area contributed by atoms with Gasteiger partial charge in [0.1, 0.15) is 5.75 Å². The Balaban J connectivity index is 1.72. The van der Waals surface area contributed by atoms with Crippen LogP contribution in [-0.4, -0.2) is 6.36 Å². The minimum atomic E-state index is -4.62. The molecule has 0 aromatic heterocycles. The molecule has 1 aromatic carbocycles. The zero-order chi connectivity index (χ0) is 17.7. The summed E-state index contributed by atoms with van der Waals surface area (Å²) in [5, 5.41) is 0. The lowest BCUT2D eigenvalue weighted by Crippen LogP contribution is -2.21. The van der Waals surface area contributed by atoms with Crippen LogP contribution in [0.2, 0.25) is 0 Å². The van der Waals surface area contributed by atoms with E-state index in [-0.39, 0.29) is 5.75 Å². The van der Waals surface area contributed by atoms with Crippen LogP contribution >= 0.6 is 0 Å². The van der Waals surface area contributed by atoms with Crippen LogP contribution in [0.1, 0.15) is 82.1 Å². The summed E-state index contributed by atoms with van der Waals surface area (Å²) in [7, 11) is 0. The maximum atomic E-state index is 12.4.